The second-order valence-electron chi connectivity index (χ2n) is 6.55. The van der Waals surface area contributed by atoms with Gasteiger partial charge in [0, 0.05) is 21.2 Å². The Morgan fingerprint density at radius 2 is 1.57 bits per heavy atom. The number of benzene rings is 3. The molecule has 4 rings (SSSR count). The SMILES string of the molecule is Cc1cccc(N2C(=O)/C(=C/c3ccc(Cl)cc3Cl)c3ccccc3C2=O)c1. The highest BCUT2D eigenvalue weighted by Crippen LogP contribution is 2.35. The maximum absolute atomic E-state index is 13.4. The first-order valence-corrected chi connectivity index (χ1v) is 9.43. The van der Waals surface area contributed by atoms with Crippen LogP contribution in [0.25, 0.3) is 11.6 Å². The maximum Gasteiger partial charge on any atom is 0.265 e. The molecule has 0 saturated heterocycles. The van der Waals surface area contributed by atoms with E-state index < -0.39 is 0 Å². The number of aryl methyl sites for hydroxylation is 1. The van der Waals surface area contributed by atoms with Gasteiger partial charge in [0.05, 0.1) is 5.69 Å². The minimum Gasteiger partial charge on any atom is -0.268 e. The molecule has 0 spiro atoms. The topological polar surface area (TPSA) is 37.4 Å². The molecule has 28 heavy (non-hydrogen) atoms. The van der Waals surface area contributed by atoms with Gasteiger partial charge in [-0.3, -0.25) is 9.59 Å². The van der Waals surface area contributed by atoms with Gasteiger partial charge in [-0.05, 0) is 60.0 Å². The monoisotopic (exact) mass is 407 g/mol. The average Bonchev–Trinajstić information content (AvgIpc) is 2.67. The Bertz CT molecular complexity index is 1150. The molecule has 1 aliphatic rings. The molecule has 1 heterocycles. The zero-order chi connectivity index (χ0) is 19.8. The predicted molar refractivity (Wildman–Crippen MR) is 114 cm³/mol. The maximum atomic E-state index is 13.4. The number of nitrogens with zero attached hydrogens (tertiary/aromatic N) is 1. The highest BCUT2D eigenvalue weighted by molar-refractivity contribution is 6.43. The summed E-state index contributed by atoms with van der Waals surface area (Å²) in [5, 5.41) is 0.948. The highest BCUT2D eigenvalue weighted by Gasteiger charge is 2.35. The fourth-order valence-electron chi connectivity index (χ4n) is 3.27. The van der Waals surface area contributed by atoms with E-state index in [-0.39, 0.29) is 11.8 Å². The van der Waals surface area contributed by atoms with Crippen molar-refractivity contribution in [2.45, 2.75) is 6.92 Å². The summed E-state index contributed by atoms with van der Waals surface area (Å²) in [4.78, 5) is 27.7. The van der Waals surface area contributed by atoms with Crippen LogP contribution in [0.15, 0.2) is 66.7 Å². The number of hydrogen-bond acceptors (Lipinski definition) is 2. The van der Waals surface area contributed by atoms with Crippen molar-refractivity contribution >= 4 is 52.4 Å². The van der Waals surface area contributed by atoms with Crippen LogP contribution >= 0.6 is 23.2 Å². The molecule has 0 atom stereocenters. The molecule has 0 radical (unpaired) electrons. The fourth-order valence-corrected chi connectivity index (χ4v) is 3.73. The van der Waals surface area contributed by atoms with E-state index in [1.807, 2.05) is 25.1 Å². The molecule has 0 aromatic heterocycles. The number of rotatable bonds is 2. The number of carbonyl (C=O) groups excluding carboxylic acids is 2. The smallest absolute Gasteiger partial charge is 0.265 e. The van der Waals surface area contributed by atoms with Crippen LogP contribution in [-0.4, -0.2) is 11.8 Å². The van der Waals surface area contributed by atoms with Crippen molar-refractivity contribution in [3.8, 4) is 0 Å². The lowest BCUT2D eigenvalue weighted by Gasteiger charge is -2.29. The molecule has 3 aromatic rings. The molecule has 2 amide bonds. The van der Waals surface area contributed by atoms with Crippen molar-refractivity contribution in [3.05, 3.63) is 99.0 Å². The van der Waals surface area contributed by atoms with Crippen LogP contribution in [0, 0.1) is 6.92 Å². The zero-order valence-electron chi connectivity index (χ0n) is 14.9. The molecule has 0 N–H and O–H groups in total. The van der Waals surface area contributed by atoms with Crippen molar-refractivity contribution in [1.82, 2.24) is 0 Å². The number of amides is 2. The van der Waals surface area contributed by atoms with Crippen LogP contribution in [0.2, 0.25) is 10.0 Å². The molecular weight excluding hydrogens is 393 g/mol. The zero-order valence-corrected chi connectivity index (χ0v) is 16.5. The number of imide groups is 1. The second-order valence-corrected chi connectivity index (χ2v) is 7.40. The molecule has 0 saturated carbocycles. The summed E-state index contributed by atoms with van der Waals surface area (Å²) >= 11 is 12.3. The van der Waals surface area contributed by atoms with Gasteiger partial charge >= 0.3 is 0 Å². The summed E-state index contributed by atoms with van der Waals surface area (Å²) in [5.74, 6) is -0.731. The van der Waals surface area contributed by atoms with Crippen LogP contribution in [0.3, 0.4) is 0 Å². The first kappa shape index (κ1) is 18.5. The van der Waals surface area contributed by atoms with Crippen molar-refractivity contribution in [2.24, 2.45) is 0 Å². The Kier molecular flexibility index (Phi) is 4.80. The van der Waals surface area contributed by atoms with E-state index in [1.54, 1.807) is 54.6 Å². The van der Waals surface area contributed by atoms with E-state index in [1.165, 1.54) is 4.90 Å². The van der Waals surface area contributed by atoms with Gasteiger partial charge in [-0.1, -0.05) is 59.6 Å². The van der Waals surface area contributed by atoms with E-state index in [4.69, 9.17) is 23.2 Å². The molecule has 1 aliphatic heterocycles. The average molecular weight is 408 g/mol. The minimum atomic E-state index is -0.389. The van der Waals surface area contributed by atoms with Gasteiger partial charge in [0.25, 0.3) is 11.8 Å². The van der Waals surface area contributed by atoms with Gasteiger partial charge < -0.3 is 0 Å². The normalized spacial score (nSPS) is 15.1. The Hall–Kier alpha value is -2.88. The lowest BCUT2D eigenvalue weighted by Crippen LogP contribution is -2.41. The summed E-state index contributed by atoms with van der Waals surface area (Å²) in [6, 6.07) is 19.5. The fraction of sp³-hybridized carbons (Fsp3) is 0.0435. The summed E-state index contributed by atoms with van der Waals surface area (Å²) in [5.41, 5.74) is 3.62. The lowest BCUT2D eigenvalue weighted by molar-refractivity contribution is -0.112. The van der Waals surface area contributed by atoms with Crippen LogP contribution in [0.5, 0.6) is 0 Å². The van der Waals surface area contributed by atoms with Gasteiger partial charge in [-0.25, -0.2) is 4.90 Å². The molecule has 0 unspecified atom stereocenters. The molecule has 3 aromatic carbocycles. The predicted octanol–water partition coefficient (Wildman–Crippen LogP) is 6.03. The Labute approximate surface area is 172 Å². The molecule has 0 aliphatic carbocycles. The number of hydrogen-bond donors (Lipinski definition) is 0. The van der Waals surface area contributed by atoms with Crippen LogP contribution in [-0.2, 0) is 4.79 Å². The molecule has 5 heteroatoms. The molecular formula is C23H15Cl2NO2. The van der Waals surface area contributed by atoms with Gasteiger partial charge in [-0.15, -0.1) is 0 Å². The van der Waals surface area contributed by atoms with Gasteiger partial charge in [-0.2, -0.15) is 0 Å². The number of anilines is 1. The quantitative estimate of drug-likeness (QED) is 0.384. The first-order valence-electron chi connectivity index (χ1n) is 8.67. The summed E-state index contributed by atoms with van der Waals surface area (Å²) in [6.45, 7) is 1.92. The molecule has 138 valence electrons. The largest absolute Gasteiger partial charge is 0.268 e. The van der Waals surface area contributed by atoms with Crippen molar-refractivity contribution < 1.29 is 9.59 Å². The highest BCUT2D eigenvalue weighted by atomic mass is 35.5. The van der Waals surface area contributed by atoms with Crippen LogP contribution in [0.1, 0.15) is 27.0 Å². The lowest BCUT2D eigenvalue weighted by atomic mass is 9.91. The Morgan fingerprint density at radius 1 is 0.821 bits per heavy atom. The third-order valence-electron chi connectivity index (χ3n) is 4.61. The molecule has 0 bridgehead atoms. The van der Waals surface area contributed by atoms with E-state index in [2.05, 4.69) is 0 Å². The van der Waals surface area contributed by atoms with E-state index >= 15 is 0 Å². The van der Waals surface area contributed by atoms with Crippen molar-refractivity contribution in [1.29, 1.82) is 0 Å². The Balaban J connectivity index is 1.92. The summed E-state index contributed by atoms with van der Waals surface area (Å²) in [7, 11) is 0. The van der Waals surface area contributed by atoms with Gasteiger partial charge in [0.1, 0.15) is 0 Å². The van der Waals surface area contributed by atoms with E-state index in [0.717, 1.165) is 5.56 Å². The van der Waals surface area contributed by atoms with Crippen molar-refractivity contribution in [3.63, 3.8) is 0 Å². The Morgan fingerprint density at radius 3 is 2.29 bits per heavy atom. The van der Waals surface area contributed by atoms with E-state index in [0.29, 0.717) is 38.0 Å². The van der Waals surface area contributed by atoms with Crippen molar-refractivity contribution in [2.75, 3.05) is 4.90 Å². The van der Waals surface area contributed by atoms with Crippen LogP contribution in [0.4, 0.5) is 5.69 Å². The summed E-state index contributed by atoms with van der Waals surface area (Å²) in [6.07, 6.45) is 1.70. The third kappa shape index (κ3) is 3.24. The third-order valence-corrected chi connectivity index (χ3v) is 5.17. The van der Waals surface area contributed by atoms with Crippen LogP contribution < -0.4 is 4.90 Å². The first-order chi connectivity index (χ1) is 13.5. The standard InChI is InChI=1S/C23H15Cl2NO2/c1-14-5-4-6-17(11-14)26-22(27)19-8-3-2-7-18(19)20(23(26)28)12-15-9-10-16(24)13-21(15)25/h2-13H,1H3/b20-12+. The number of halogens is 2. The minimum absolute atomic E-state index is 0.342. The second kappa shape index (κ2) is 7.27. The molecule has 0 fully saturated rings. The molecule has 3 nitrogen and oxygen atoms in total. The number of carbonyl (C=O) groups is 2. The van der Waals surface area contributed by atoms with Gasteiger partial charge in [0.15, 0.2) is 0 Å². The van der Waals surface area contributed by atoms with E-state index in [9.17, 15) is 9.59 Å². The van der Waals surface area contributed by atoms with Gasteiger partial charge in [0.2, 0.25) is 0 Å². The summed E-state index contributed by atoms with van der Waals surface area (Å²) < 4.78 is 0. The number of fused-ring (bicyclic) bond motifs is 1.